The Labute approximate surface area is 101 Å². The molecule has 0 spiro atoms. The Morgan fingerprint density at radius 3 is 2.44 bits per heavy atom. The third-order valence-corrected chi connectivity index (χ3v) is 2.13. The predicted octanol–water partition coefficient (Wildman–Crippen LogP) is 2.55. The summed E-state index contributed by atoms with van der Waals surface area (Å²) >= 11 is 0. The van der Waals surface area contributed by atoms with Crippen molar-refractivity contribution >= 4 is 5.97 Å². The lowest BCUT2D eigenvalue weighted by atomic mass is 10.0. The molecule has 96 valence electrons. The van der Waals surface area contributed by atoms with E-state index in [9.17, 15) is 18.0 Å². The van der Waals surface area contributed by atoms with Crippen molar-refractivity contribution in [1.29, 1.82) is 5.26 Å². The summed E-state index contributed by atoms with van der Waals surface area (Å²) in [4.78, 5) is 11.2. The van der Waals surface area contributed by atoms with Gasteiger partial charge in [-0.1, -0.05) is 0 Å². The van der Waals surface area contributed by atoms with Crippen LogP contribution in [0.5, 0.6) is 5.75 Å². The molecule has 0 heterocycles. The van der Waals surface area contributed by atoms with Gasteiger partial charge >= 0.3 is 12.3 Å². The Bertz CT molecular complexity index is 517. The van der Waals surface area contributed by atoms with Crippen molar-refractivity contribution in [3.05, 3.63) is 28.8 Å². The van der Waals surface area contributed by atoms with Crippen LogP contribution >= 0.6 is 0 Å². The number of carbonyl (C=O) groups excluding carboxylic acids is 1. The lowest BCUT2D eigenvalue weighted by molar-refractivity contribution is -0.274. The van der Waals surface area contributed by atoms with E-state index >= 15 is 0 Å². The highest BCUT2D eigenvalue weighted by molar-refractivity contribution is 5.90. The van der Waals surface area contributed by atoms with Crippen molar-refractivity contribution in [2.45, 2.75) is 13.3 Å². The fourth-order valence-corrected chi connectivity index (χ4v) is 1.27. The molecule has 1 aromatic rings. The standard InChI is InChI=1S/C11H8F3NO3/c1-6-8(5-15)3-7(10(16)17-2)4-9(6)18-11(12,13)14/h3-4H,1-2H3. The highest BCUT2D eigenvalue weighted by Gasteiger charge is 2.32. The van der Waals surface area contributed by atoms with E-state index in [2.05, 4.69) is 9.47 Å². The second-order valence-corrected chi connectivity index (χ2v) is 3.30. The van der Waals surface area contributed by atoms with Crippen LogP contribution in [-0.2, 0) is 4.74 Å². The molecule has 0 radical (unpaired) electrons. The summed E-state index contributed by atoms with van der Waals surface area (Å²) in [6.45, 7) is 1.29. The first-order valence-corrected chi connectivity index (χ1v) is 4.67. The van der Waals surface area contributed by atoms with Crippen LogP contribution in [0.25, 0.3) is 0 Å². The fourth-order valence-electron chi connectivity index (χ4n) is 1.27. The van der Waals surface area contributed by atoms with Crippen molar-refractivity contribution in [3.63, 3.8) is 0 Å². The molecule has 18 heavy (non-hydrogen) atoms. The van der Waals surface area contributed by atoms with E-state index in [0.29, 0.717) is 0 Å². The summed E-state index contributed by atoms with van der Waals surface area (Å²) in [5.41, 5.74) is -0.265. The van der Waals surface area contributed by atoms with Crippen LogP contribution in [0, 0.1) is 18.3 Å². The maximum Gasteiger partial charge on any atom is 0.573 e. The van der Waals surface area contributed by atoms with Crippen LogP contribution in [0.4, 0.5) is 13.2 Å². The molecule has 0 amide bonds. The molecule has 0 aliphatic heterocycles. The molecule has 0 unspecified atom stereocenters. The van der Waals surface area contributed by atoms with E-state index in [1.165, 1.54) is 6.92 Å². The third kappa shape index (κ3) is 3.13. The Hall–Kier alpha value is -2.23. The van der Waals surface area contributed by atoms with Gasteiger partial charge in [-0.3, -0.25) is 0 Å². The SMILES string of the molecule is COC(=O)c1cc(C#N)c(C)c(OC(F)(F)F)c1. The summed E-state index contributed by atoms with van der Waals surface area (Å²) < 4.78 is 44.6. The van der Waals surface area contributed by atoms with Crippen molar-refractivity contribution in [2.75, 3.05) is 7.11 Å². The zero-order chi connectivity index (χ0) is 13.9. The fraction of sp³-hybridized carbons (Fsp3) is 0.273. The average molecular weight is 259 g/mol. The molecule has 0 aliphatic rings. The zero-order valence-electron chi connectivity index (χ0n) is 9.46. The van der Waals surface area contributed by atoms with Gasteiger partial charge in [0.05, 0.1) is 24.3 Å². The zero-order valence-corrected chi connectivity index (χ0v) is 9.46. The van der Waals surface area contributed by atoms with Gasteiger partial charge in [0, 0.05) is 5.56 Å². The number of benzene rings is 1. The van der Waals surface area contributed by atoms with Gasteiger partial charge in [0.2, 0.25) is 0 Å². The molecule has 1 rings (SSSR count). The first-order valence-electron chi connectivity index (χ1n) is 4.67. The maximum atomic E-state index is 12.2. The third-order valence-electron chi connectivity index (χ3n) is 2.13. The number of esters is 1. The van der Waals surface area contributed by atoms with Crippen molar-refractivity contribution in [2.24, 2.45) is 0 Å². The van der Waals surface area contributed by atoms with Gasteiger partial charge in [-0.05, 0) is 19.1 Å². The summed E-state index contributed by atoms with van der Waals surface area (Å²) in [6, 6.07) is 3.71. The first-order chi connectivity index (χ1) is 8.28. The van der Waals surface area contributed by atoms with Gasteiger partial charge in [0.15, 0.2) is 0 Å². The number of alkyl halides is 3. The quantitative estimate of drug-likeness (QED) is 0.766. The minimum Gasteiger partial charge on any atom is -0.465 e. The molecular weight excluding hydrogens is 251 g/mol. The van der Waals surface area contributed by atoms with Gasteiger partial charge in [0.1, 0.15) is 5.75 Å². The minimum absolute atomic E-state index is 0.00229. The van der Waals surface area contributed by atoms with Crippen LogP contribution in [0.1, 0.15) is 21.5 Å². The largest absolute Gasteiger partial charge is 0.573 e. The van der Waals surface area contributed by atoms with Crippen molar-refractivity contribution < 1.29 is 27.4 Å². The molecular formula is C11H8F3NO3. The summed E-state index contributed by atoms with van der Waals surface area (Å²) in [5, 5.41) is 8.78. The Morgan fingerprint density at radius 2 is 2.00 bits per heavy atom. The number of carbonyl (C=O) groups is 1. The highest BCUT2D eigenvalue weighted by Crippen LogP contribution is 2.29. The number of nitrogens with zero attached hydrogens (tertiary/aromatic N) is 1. The van der Waals surface area contributed by atoms with Crippen LogP contribution in [0.2, 0.25) is 0 Å². The van der Waals surface area contributed by atoms with E-state index in [-0.39, 0.29) is 16.7 Å². The monoisotopic (exact) mass is 259 g/mol. The predicted molar refractivity (Wildman–Crippen MR) is 53.9 cm³/mol. The van der Waals surface area contributed by atoms with Gasteiger partial charge in [-0.25, -0.2) is 4.79 Å². The topological polar surface area (TPSA) is 59.3 Å². The number of hydrogen-bond donors (Lipinski definition) is 0. The molecule has 4 nitrogen and oxygen atoms in total. The number of rotatable bonds is 2. The van der Waals surface area contributed by atoms with Gasteiger partial charge in [-0.15, -0.1) is 13.2 Å². The lowest BCUT2D eigenvalue weighted by Gasteiger charge is -2.13. The number of halogens is 3. The van der Waals surface area contributed by atoms with E-state index in [1.54, 1.807) is 6.07 Å². The second kappa shape index (κ2) is 4.96. The molecule has 7 heteroatoms. The molecule has 0 saturated carbocycles. The summed E-state index contributed by atoms with van der Waals surface area (Å²) in [7, 11) is 1.08. The number of ether oxygens (including phenoxy) is 2. The molecule has 0 bridgehead atoms. The Kier molecular flexibility index (Phi) is 3.81. The molecule has 0 saturated heterocycles. The summed E-state index contributed by atoms with van der Waals surface area (Å²) in [6.07, 6.45) is -4.90. The summed E-state index contributed by atoms with van der Waals surface area (Å²) in [5.74, 6) is -1.44. The molecule has 0 atom stereocenters. The minimum atomic E-state index is -4.90. The van der Waals surface area contributed by atoms with Gasteiger partial charge in [0.25, 0.3) is 0 Å². The van der Waals surface area contributed by atoms with E-state index in [1.807, 2.05) is 0 Å². The molecule has 0 N–H and O–H groups in total. The van der Waals surface area contributed by atoms with Crippen LogP contribution in [0.15, 0.2) is 12.1 Å². The van der Waals surface area contributed by atoms with Crippen LogP contribution in [-0.4, -0.2) is 19.4 Å². The second-order valence-electron chi connectivity index (χ2n) is 3.30. The van der Waals surface area contributed by atoms with Gasteiger partial charge < -0.3 is 9.47 Å². The maximum absolute atomic E-state index is 12.2. The highest BCUT2D eigenvalue weighted by atomic mass is 19.4. The first kappa shape index (κ1) is 13.8. The van der Waals surface area contributed by atoms with Crippen LogP contribution < -0.4 is 4.74 Å². The normalized spacial score (nSPS) is 10.7. The van der Waals surface area contributed by atoms with Crippen LogP contribution in [0.3, 0.4) is 0 Å². The van der Waals surface area contributed by atoms with E-state index in [0.717, 1.165) is 19.2 Å². The lowest BCUT2D eigenvalue weighted by Crippen LogP contribution is -2.18. The molecule has 1 aromatic carbocycles. The van der Waals surface area contributed by atoms with E-state index in [4.69, 9.17) is 5.26 Å². The number of hydrogen-bond acceptors (Lipinski definition) is 4. The smallest absolute Gasteiger partial charge is 0.465 e. The van der Waals surface area contributed by atoms with Crippen molar-refractivity contribution in [1.82, 2.24) is 0 Å². The van der Waals surface area contributed by atoms with E-state index < -0.39 is 18.1 Å². The Morgan fingerprint density at radius 1 is 1.39 bits per heavy atom. The molecule has 0 aliphatic carbocycles. The number of nitriles is 1. The molecule has 0 fully saturated rings. The van der Waals surface area contributed by atoms with Crippen molar-refractivity contribution in [3.8, 4) is 11.8 Å². The average Bonchev–Trinajstić information content (AvgIpc) is 2.29. The molecule has 0 aromatic heterocycles. The number of methoxy groups -OCH3 is 1. The van der Waals surface area contributed by atoms with Gasteiger partial charge in [-0.2, -0.15) is 5.26 Å². The Balaban J connectivity index is 3.33.